The molecular weight excluding hydrogens is 258 g/mol. The van der Waals surface area contributed by atoms with E-state index in [2.05, 4.69) is 9.97 Å². The minimum Gasteiger partial charge on any atom is -0.480 e. The highest BCUT2D eigenvalue weighted by Crippen LogP contribution is 2.14. The monoisotopic (exact) mass is 273 g/mol. The van der Waals surface area contributed by atoms with Gasteiger partial charge in [-0.2, -0.15) is 0 Å². The summed E-state index contributed by atoms with van der Waals surface area (Å²) < 4.78 is 0. The number of fused-ring (bicyclic) bond motifs is 1. The Morgan fingerprint density at radius 2 is 1.90 bits per heavy atom. The maximum absolute atomic E-state index is 12.3. The number of aliphatic carboxylic acids is 1. The molecule has 1 atom stereocenters. The lowest BCUT2D eigenvalue weighted by Crippen LogP contribution is -2.41. The van der Waals surface area contributed by atoms with Gasteiger partial charge in [0.25, 0.3) is 5.91 Å². The normalized spacial score (nSPS) is 12.1. The van der Waals surface area contributed by atoms with Gasteiger partial charge in [0, 0.05) is 25.0 Å². The molecule has 104 valence electrons. The highest BCUT2D eigenvalue weighted by molar-refractivity contribution is 5.98. The Hall–Kier alpha value is -2.50. The van der Waals surface area contributed by atoms with Crippen molar-refractivity contribution in [1.82, 2.24) is 14.9 Å². The number of aromatic nitrogens is 2. The smallest absolute Gasteiger partial charge is 0.326 e. The molecule has 0 saturated carbocycles. The van der Waals surface area contributed by atoms with Gasteiger partial charge in [-0.25, -0.2) is 4.79 Å². The number of carbonyl (C=O) groups is 2. The summed E-state index contributed by atoms with van der Waals surface area (Å²) in [5.74, 6) is -1.35. The van der Waals surface area contributed by atoms with Crippen LogP contribution in [0.15, 0.2) is 30.6 Å². The fraction of sp³-hybridized carbons (Fsp3) is 0.286. The van der Waals surface area contributed by atoms with Crippen LogP contribution >= 0.6 is 0 Å². The van der Waals surface area contributed by atoms with Crippen LogP contribution < -0.4 is 0 Å². The van der Waals surface area contributed by atoms with Crippen LogP contribution in [0, 0.1) is 0 Å². The average Bonchev–Trinajstić information content (AvgIpc) is 2.46. The lowest BCUT2D eigenvalue weighted by Gasteiger charge is -2.23. The first-order chi connectivity index (χ1) is 9.54. The van der Waals surface area contributed by atoms with Crippen LogP contribution in [0.2, 0.25) is 0 Å². The Morgan fingerprint density at radius 3 is 2.50 bits per heavy atom. The van der Waals surface area contributed by atoms with Crippen molar-refractivity contribution in [2.24, 2.45) is 0 Å². The Kier molecular flexibility index (Phi) is 3.93. The number of carboxylic acid groups (broad SMARTS) is 1. The van der Waals surface area contributed by atoms with E-state index in [1.807, 2.05) is 0 Å². The van der Waals surface area contributed by atoms with Gasteiger partial charge in [0.15, 0.2) is 0 Å². The Labute approximate surface area is 116 Å². The second-order valence-electron chi connectivity index (χ2n) is 4.44. The molecule has 6 heteroatoms. The van der Waals surface area contributed by atoms with E-state index in [1.165, 1.54) is 11.9 Å². The van der Waals surface area contributed by atoms with Crippen LogP contribution in [-0.2, 0) is 4.79 Å². The molecule has 6 nitrogen and oxygen atoms in total. The quantitative estimate of drug-likeness (QED) is 0.914. The zero-order chi connectivity index (χ0) is 14.7. The van der Waals surface area contributed by atoms with E-state index in [0.717, 1.165) is 0 Å². The molecule has 0 spiro atoms. The molecule has 2 aromatic rings. The second kappa shape index (κ2) is 5.64. The fourth-order valence-corrected chi connectivity index (χ4v) is 2.06. The molecule has 0 bridgehead atoms. The van der Waals surface area contributed by atoms with Gasteiger partial charge in [0.2, 0.25) is 0 Å². The molecule has 0 fully saturated rings. The standard InChI is InChI=1S/C14H15N3O3/c1-3-12(14(19)20)17(2)13(18)9-4-5-10-11(8-9)16-7-6-15-10/h4-8,12H,3H2,1-2H3,(H,19,20). The SMILES string of the molecule is CCC(C(=O)O)N(C)C(=O)c1ccc2nccnc2c1. The summed E-state index contributed by atoms with van der Waals surface area (Å²) in [4.78, 5) is 32.9. The van der Waals surface area contributed by atoms with Crippen molar-refractivity contribution >= 4 is 22.9 Å². The zero-order valence-corrected chi connectivity index (χ0v) is 11.3. The molecule has 0 aliphatic carbocycles. The average molecular weight is 273 g/mol. The highest BCUT2D eigenvalue weighted by Gasteiger charge is 2.25. The molecule has 0 radical (unpaired) electrons. The lowest BCUT2D eigenvalue weighted by molar-refractivity contribution is -0.142. The van der Waals surface area contributed by atoms with Gasteiger partial charge in [-0.1, -0.05) is 6.92 Å². The van der Waals surface area contributed by atoms with Gasteiger partial charge in [-0.15, -0.1) is 0 Å². The van der Waals surface area contributed by atoms with E-state index in [1.54, 1.807) is 37.5 Å². The molecule has 1 unspecified atom stereocenters. The van der Waals surface area contributed by atoms with Crippen LogP contribution in [0.25, 0.3) is 11.0 Å². The molecule has 1 aromatic heterocycles. The summed E-state index contributed by atoms with van der Waals surface area (Å²) in [5.41, 5.74) is 1.70. The highest BCUT2D eigenvalue weighted by atomic mass is 16.4. The predicted octanol–water partition coefficient (Wildman–Crippen LogP) is 1.56. The van der Waals surface area contributed by atoms with Gasteiger partial charge < -0.3 is 10.0 Å². The van der Waals surface area contributed by atoms with Crippen molar-refractivity contribution in [2.75, 3.05) is 7.05 Å². The number of nitrogens with zero attached hydrogens (tertiary/aromatic N) is 3. The minimum atomic E-state index is -1.01. The molecule has 0 aliphatic heterocycles. The van der Waals surface area contributed by atoms with Crippen LogP contribution in [-0.4, -0.2) is 44.9 Å². The Bertz CT molecular complexity index is 657. The van der Waals surface area contributed by atoms with Crippen molar-refractivity contribution in [3.8, 4) is 0 Å². The van der Waals surface area contributed by atoms with E-state index >= 15 is 0 Å². The Balaban J connectivity index is 2.33. The lowest BCUT2D eigenvalue weighted by atomic mass is 10.1. The zero-order valence-electron chi connectivity index (χ0n) is 11.3. The van der Waals surface area contributed by atoms with Gasteiger partial charge >= 0.3 is 5.97 Å². The molecule has 2 rings (SSSR count). The second-order valence-corrected chi connectivity index (χ2v) is 4.44. The summed E-state index contributed by atoms with van der Waals surface area (Å²) in [7, 11) is 1.49. The summed E-state index contributed by atoms with van der Waals surface area (Å²) in [5, 5.41) is 9.09. The molecule has 1 heterocycles. The van der Waals surface area contributed by atoms with Crippen molar-refractivity contribution < 1.29 is 14.7 Å². The molecule has 0 aliphatic rings. The third-order valence-corrected chi connectivity index (χ3v) is 3.18. The van der Waals surface area contributed by atoms with Crippen LogP contribution in [0.1, 0.15) is 23.7 Å². The number of carboxylic acids is 1. The summed E-state index contributed by atoms with van der Waals surface area (Å²) in [6.07, 6.45) is 3.48. The van der Waals surface area contributed by atoms with Gasteiger partial charge in [0.1, 0.15) is 6.04 Å². The third-order valence-electron chi connectivity index (χ3n) is 3.18. The summed E-state index contributed by atoms with van der Waals surface area (Å²) >= 11 is 0. The number of hydrogen-bond acceptors (Lipinski definition) is 4. The van der Waals surface area contributed by atoms with Gasteiger partial charge in [-0.05, 0) is 24.6 Å². The summed E-state index contributed by atoms with van der Waals surface area (Å²) in [6, 6.07) is 4.12. The van der Waals surface area contributed by atoms with Crippen LogP contribution in [0.4, 0.5) is 0 Å². The van der Waals surface area contributed by atoms with E-state index in [-0.39, 0.29) is 5.91 Å². The maximum Gasteiger partial charge on any atom is 0.326 e. The van der Waals surface area contributed by atoms with E-state index in [0.29, 0.717) is 23.0 Å². The van der Waals surface area contributed by atoms with Gasteiger partial charge in [0.05, 0.1) is 11.0 Å². The number of benzene rings is 1. The predicted molar refractivity (Wildman–Crippen MR) is 73.3 cm³/mol. The third kappa shape index (κ3) is 2.59. The van der Waals surface area contributed by atoms with Crippen molar-refractivity contribution in [2.45, 2.75) is 19.4 Å². The van der Waals surface area contributed by atoms with Crippen molar-refractivity contribution in [3.05, 3.63) is 36.2 Å². The van der Waals surface area contributed by atoms with Crippen molar-refractivity contribution in [3.63, 3.8) is 0 Å². The number of carbonyl (C=O) groups excluding carboxylic acids is 1. The first-order valence-electron chi connectivity index (χ1n) is 6.25. The van der Waals surface area contributed by atoms with E-state index in [9.17, 15) is 9.59 Å². The number of likely N-dealkylation sites (N-methyl/N-ethyl adjacent to an activating group) is 1. The van der Waals surface area contributed by atoms with E-state index < -0.39 is 12.0 Å². The van der Waals surface area contributed by atoms with E-state index in [4.69, 9.17) is 5.11 Å². The summed E-state index contributed by atoms with van der Waals surface area (Å²) in [6.45, 7) is 1.73. The minimum absolute atomic E-state index is 0.341. The molecule has 1 N–H and O–H groups in total. The van der Waals surface area contributed by atoms with Crippen molar-refractivity contribution in [1.29, 1.82) is 0 Å². The number of amides is 1. The Morgan fingerprint density at radius 1 is 1.25 bits per heavy atom. The molecule has 1 aromatic carbocycles. The number of rotatable bonds is 4. The first-order valence-corrected chi connectivity index (χ1v) is 6.25. The topological polar surface area (TPSA) is 83.4 Å². The molecule has 0 saturated heterocycles. The van der Waals surface area contributed by atoms with Crippen LogP contribution in [0.3, 0.4) is 0 Å². The maximum atomic E-state index is 12.3. The fourth-order valence-electron chi connectivity index (χ4n) is 2.06. The number of hydrogen-bond donors (Lipinski definition) is 1. The van der Waals surface area contributed by atoms with Crippen LogP contribution in [0.5, 0.6) is 0 Å². The first kappa shape index (κ1) is 13.9. The largest absolute Gasteiger partial charge is 0.480 e. The molecular formula is C14H15N3O3. The molecule has 20 heavy (non-hydrogen) atoms. The molecule has 1 amide bonds. The van der Waals surface area contributed by atoms with Gasteiger partial charge in [-0.3, -0.25) is 14.8 Å².